The minimum absolute atomic E-state index is 0.169. The summed E-state index contributed by atoms with van der Waals surface area (Å²) in [6.07, 6.45) is -0.676. The largest absolute Gasteiger partial charge is 0.367 e. The summed E-state index contributed by atoms with van der Waals surface area (Å²) in [7, 11) is -7.58. The molecule has 0 radical (unpaired) electrons. The molecule has 4 atom stereocenters. The van der Waals surface area contributed by atoms with Crippen molar-refractivity contribution in [2.24, 2.45) is 0 Å². The lowest BCUT2D eigenvalue weighted by molar-refractivity contribution is -0.261. The molecule has 3 rings (SSSR count). The Morgan fingerprint density at radius 3 is 2.19 bits per heavy atom. The lowest BCUT2D eigenvalue weighted by Gasteiger charge is -2.35. The van der Waals surface area contributed by atoms with Gasteiger partial charge in [0.15, 0.2) is 18.9 Å². The molecule has 2 saturated heterocycles. The molecule has 2 aliphatic heterocycles. The van der Waals surface area contributed by atoms with Gasteiger partial charge in [0.25, 0.3) is 20.2 Å². The predicted octanol–water partition coefficient (Wildman–Crippen LogP) is 0.745. The third-order valence-corrected chi connectivity index (χ3v) is 5.81. The molecule has 0 saturated carbocycles. The summed E-state index contributed by atoms with van der Waals surface area (Å²) in [6, 6.07) is 9.32. The molecule has 2 fully saturated rings. The Labute approximate surface area is 188 Å². The van der Waals surface area contributed by atoms with E-state index in [1.807, 2.05) is 30.3 Å². The van der Waals surface area contributed by atoms with E-state index in [9.17, 15) is 16.8 Å². The summed E-state index contributed by atoms with van der Waals surface area (Å²) in [4.78, 5) is 0. The summed E-state index contributed by atoms with van der Waals surface area (Å²) in [5.41, 5.74) is -0.613. The van der Waals surface area contributed by atoms with Crippen LogP contribution in [0.25, 0.3) is 0 Å². The van der Waals surface area contributed by atoms with Crippen molar-refractivity contribution in [2.45, 2.75) is 50.3 Å². The number of hydrogen-bond acceptors (Lipinski definition) is 11. The Kier molecular flexibility index (Phi) is 7.64. The number of benzene rings is 1. The maximum Gasteiger partial charge on any atom is 0.266 e. The summed E-state index contributed by atoms with van der Waals surface area (Å²) < 4.78 is 84.8. The van der Waals surface area contributed by atoms with Crippen LogP contribution in [0.2, 0.25) is 0 Å². The summed E-state index contributed by atoms with van der Waals surface area (Å²) in [5.74, 6) is -0.951. The minimum Gasteiger partial charge on any atom is -0.367 e. The van der Waals surface area contributed by atoms with Crippen LogP contribution in [0.3, 0.4) is 0 Å². The van der Waals surface area contributed by atoms with Gasteiger partial charge < -0.3 is 23.7 Å². The molecule has 182 valence electrons. The van der Waals surface area contributed by atoms with E-state index in [2.05, 4.69) is 4.18 Å². The second kappa shape index (κ2) is 9.60. The third kappa shape index (κ3) is 6.92. The van der Waals surface area contributed by atoms with E-state index in [4.69, 9.17) is 27.9 Å². The molecule has 13 heteroatoms. The summed E-state index contributed by atoms with van der Waals surface area (Å²) >= 11 is 0. The van der Waals surface area contributed by atoms with Gasteiger partial charge in [-0.15, -0.1) is 0 Å². The zero-order chi connectivity index (χ0) is 23.6. The fourth-order valence-corrected chi connectivity index (χ4v) is 4.13. The molecule has 0 spiro atoms. The Balaban J connectivity index is 1.83. The quantitative estimate of drug-likeness (QED) is 0.244. The molecule has 0 N–H and O–H groups in total. The second-order valence-corrected chi connectivity index (χ2v) is 11.4. The molecule has 0 aromatic heterocycles. The molecule has 2 heterocycles. The normalized spacial score (nSPS) is 29.8. The van der Waals surface area contributed by atoms with Crippen molar-refractivity contribution in [2.75, 3.05) is 32.5 Å². The molecule has 2 aliphatic rings. The zero-order valence-corrected chi connectivity index (χ0v) is 19.9. The van der Waals surface area contributed by atoms with E-state index < -0.39 is 63.5 Å². The van der Waals surface area contributed by atoms with Crippen LogP contribution < -0.4 is 0 Å². The SMILES string of the molecule is CC1(C)O[C@@H]2O[C@@](COCOS(C)(=O)=O)(COS(C)(=O)=O)[C@@H](OCc3ccccc3)[C@H]2O1. The summed E-state index contributed by atoms with van der Waals surface area (Å²) in [5, 5.41) is 0. The molecular formula is C19H28O11S2. The van der Waals surface area contributed by atoms with Gasteiger partial charge >= 0.3 is 0 Å². The maximum absolute atomic E-state index is 11.7. The van der Waals surface area contributed by atoms with Gasteiger partial charge in [-0.1, -0.05) is 30.3 Å². The van der Waals surface area contributed by atoms with Crippen LogP contribution in [-0.2, 0) is 58.9 Å². The van der Waals surface area contributed by atoms with E-state index in [1.54, 1.807) is 13.8 Å². The van der Waals surface area contributed by atoms with Crippen LogP contribution in [0.1, 0.15) is 19.4 Å². The molecule has 0 bridgehead atoms. The highest BCUT2D eigenvalue weighted by Crippen LogP contribution is 2.44. The van der Waals surface area contributed by atoms with Crippen LogP contribution in [0.15, 0.2) is 30.3 Å². The Bertz CT molecular complexity index is 978. The van der Waals surface area contributed by atoms with Crippen molar-refractivity contribution in [3.05, 3.63) is 35.9 Å². The molecule has 1 aromatic carbocycles. The van der Waals surface area contributed by atoms with Gasteiger partial charge in [-0.25, -0.2) is 4.18 Å². The smallest absolute Gasteiger partial charge is 0.266 e. The average Bonchev–Trinajstić information content (AvgIpc) is 3.10. The van der Waals surface area contributed by atoms with Gasteiger partial charge in [-0.05, 0) is 19.4 Å². The first-order chi connectivity index (χ1) is 14.8. The van der Waals surface area contributed by atoms with Crippen molar-refractivity contribution in [3.8, 4) is 0 Å². The van der Waals surface area contributed by atoms with E-state index in [-0.39, 0.29) is 13.2 Å². The first kappa shape index (κ1) is 25.5. The maximum atomic E-state index is 11.7. The third-order valence-electron chi connectivity index (χ3n) is 4.74. The number of rotatable bonds is 11. The zero-order valence-electron chi connectivity index (χ0n) is 18.3. The monoisotopic (exact) mass is 496 g/mol. The minimum atomic E-state index is -3.84. The lowest BCUT2D eigenvalue weighted by atomic mass is 9.96. The number of ether oxygens (including phenoxy) is 5. The molecule has 1 aromatic rings. The van der Waals surface area contributed by atoms with Crippen molar-refractivity contribution >= 4 is 20.2 Å². The summed E-state index contributed by atoms with van der Waals surface area (Å²) in [6.45, 7) is 2.23. The van der Waals surface area contributed by atoms with Crippen LogP contribution in [0.5, 0.6) is 0 Å². The van der Waals surface area contributed by atoms with E-state index in [0.717, 1.165) is 18.1 Å². The highest BCUT2D eigenvalue weighted by atomic mass is 32.2. The van der Waals surface area contributed by atoms with E-state index in [1.165, 1.54) is 0 Å². The Hall–Kier alpha value is -1.16. The van der Waals surface area contributed by atoms with Crippen molar-refractivity contribution in [1.29, 1.82) is 0 Å². The average molecular weight is 497 g/mol. The van der Waals surface area contributed by atoms with Crippen LogP contribution in [0, 0.1) is 0 Å². The first-order valence-electron chi connectivity index (χ1n) is 9.74. The number of hydrogen-bond donors (Lipinski definition) is 0. The Morgan fingerprint density at radius 1 is 0.906 bits per heavy atom. The van der Waals surface area contributed by atoms with Gasteiger partial charge in [0.05, 0.1) is 25.7 Å². The standard InChI is InChI=1S/C19H28O11S2/c1-18(2)28-15-16(25-10-14-8-6-5-7-9-14)19(30-17(15)29-18,12-26-31(3,20)21)11-24-13-27-32(4,22)23/h5-9,15-17H,10-13H2,1-4H3/t15-,16+,17-,19+/m1/s1. The van der Waals surface area contributed by atoms with Crippen LogP contribution in [-0.4, -0.2) is 79.2 Å². The van der Waals surface area contributed by atoms with E-state index in [0.29, 0.717) is 0 Å². The Morgan fingerprint density at radius 2 is 1.56 bits per heavy atom. The van der Waals surface area contributed by atoms with Gasteiger partial charge in [0.2, 0.25) is 0 Å². The fraction of sp³-hybridized carbons (Fsp3) is 0.684. The molecule has 11 nitrogen and oxygen atoms in total. The van der Waals surface area contributed by atoms with Gasteiger partial charge in [-0.2, -0.15) is 16.8 Å². The van der Waals surface area contributed by atoms with Crippen LogP contribution in [0.4, 0.5) is 0 Å². The van der Waals surface area contributed by atoms with Crippen LogP contribution >= 0.6 is 0 Å². The van der Waals surface area contributed by atoms with Gasteiger partial charge in [-0.3, -0.25) is 4.18 Å². The van der Waals surface area contributed by atoms with Gasteiger partial charge in [0, 0.05) is 0 Å². The molecule has 0 amide bonds. The van der Waals surface area contributed by atoms with Gasteiger partial charge in [0.1, 0.15) is 24.4 Å². The highest BCUT2D eigenvalue weighted by molar-refractivity contribution is 7.86. The predicted molar refractivity (Wildman–Crippen MR) is 110 cm³/mol. The molecule has 0 unspecified atom stereocenters. The lowest BCUT2D eigenvalue weighted by Crippen LogP contribution is -2.53. The van der Waals surface area contributed by atoms with Crippen molar-refractivity contribution in [3.63, 3.8) is 0 Å². The number of fused-ring (bicyclic) bond motifs is 1. The molecule has 0 aliphatic carbocycles. The topological polar surface area (TPSA) is 133 Å². The highest BCUT2D eigenvalue weighted by Gasteiger charge is 2.63. The first-order valence-corrected chi connectivity index (χ1v) is 13.4. The molecule has 32 heavy (non-hydrogen) atoms. The molecular weight excluding hydrogens is 468 g/mol. The fourth-order valence-electron chi connectivity index (χ4n) is 3.47. The van der Waals surface area contributed by atoms with Crippen molar-refractivity contribution < 1.29 is 48.9 Å². The van der Waals surface area contributed by atoms with E-state index >= 15 is 0 Å². The van der Waals surface area contributed by atoms with Crippen molar-refractivity contribution in [1.82, 2.24) is 0 Å². The second-order valence-electron chi connectivity index (χ2n) is 8.12.